The Hall–Kier alpha value is -3.61. The number of carbonyl (C=O) groups is 3. The van der Waals surface area contributed by atoms with Crippen molar-refractivity contribution >= 4 is 39.9 Å². The Morgan fingerprint density at radius 3 is 2.90 bits per heavy atom. The molecular formula is C23H21N3O4. The Balaban J connectivity index is 1.32. The molecule has 2 N–H and O–H groups in total. The topological polar surface area (TPSA) is 91.5 Å². The van der Waals surface area contributed by atoms with Crippen molar-refractivity contribution in [1.82, 2.24) is 4.98 Å². The van der Waals surface area contributed by atoms with Gasteiger partial charge in [-0.05, 0) is 44.0 Å². The molecule has 0 radical (unpaired) electrons. The predicted octanol–water partition coefficient (Wildman–Crippen LogP) is 3.44. The summed E-state index contributed by atoms with van der Waals surface area (Å²) in [4.78, 5) is 42.8. The third kappa shape index (κ3) is 2.94. The number of H-pyrrole nitrogens is 1. The number of esters is 1. The molecule has 5 rings (SSSR count). The molecule has 2 aliphatic heterocycles. The fourth-order valence-corrected chi connectivity index (χ4v) is 4.48. The van der Waals surface area contributed by atoms with Crippen LogP contribution in [0.3, 0.4) is 0 Å². The number of rotatable bonds is 4. The number of amides is 1. The Morgan fingerprint density at radius 2 is 2.03 bits per heavy atom. The van der Waals surface area contributed by atoms with Crippen LogP contribution < -0.4 is 10.2 Å². The molecule has 0 bridgehead atoms. The number of hydrogen-bond acceptors (Lipinski definition) is 5. The number of nitrogens with one attached hydrogen (secondary N) is 2. The van der Waals surface area contributed by atoms with Gasteiger partial charge >= 0.3 is 5.97 Å². The molecule has 3 heterocycles. The molecule has 30 heavy (non-hydrogen) atoms. The Kier molecular flexibility index (Phi) is 4.31. The number of ether oxygens (including phenoxy) is 1. The smallest absolute Gasteiger partial charge is 0.338 e. The van der Waals surface area contributed by atoms with Gasteiger partial charge < -0.3 is 19.9 Å². The van der Waals surface area contributed by atoms with Gasteiger partial charge in [0.25, 0.3) is 0 Å². The zero-order valence-electron chi connectivity index (χ0n) is 16.5. The fraction of sp³-hybridized carbons (Fsp3) is 0.261. The van der Waals surface area contributed by atoms with E-state index >= 15 is 0 Å². The van der Waals surface area contributed by atoms with Crippen molar-refractivity contribution in [1.29, 1.82) is 0 Å². The average molecular weight is 403 g/mol. The largest absolute Gasteiger partial charge is 0.454 e. The van der Waals surface area contributed by atoms with E-state index in [2.05, 4.69) is 15.2 Å². The van der Waals surface area contributed by atoms with Crippen LogP contribution in [0.5, 0.6) is 0 Å². The first-order valence-electron chi connectivity index (χ1n) is 10.0. The summed E-state index contributed by atoms with van der Waals surface area (Å²) in [6.45, 7) is 2.30. The standard InChI is InChI=1S/C23H21N3O4/c1-13-21(15-5-2-3-6-16(15)24-13)20(27)12-30-23(29)14-8-9-18-17(11-14)25-22(28)19-7-4-10-26(18)19/h2-3,5-6,8-9,11,19,24H,4,7,10,12H2,1H3,(H,25,28)/t19-/m1/s1. The number of carbonyl (C=O) groups excluding carboxylic acids is 3. The number of fused-ring (bicyclic) bond motifs is 4. The van der Waals surface area contributed by atoms with Gasteiger partial charge in [0, 0.05) is 28.7 Å². The van der Waals surface area contributed by atoms with Crippen LogP contribution in [0.2, 0.25) is 0 Å². The first-order valence-corrected chi connectivity index (χ1v) is 10.0. The zero-order chi connectivity index (χ0) is 20.8. The molecule has 0 spiro atoms. The molecule has 2 aliphatic rings. The van der Waals surface area contributed by atoms with Crippen LogP contribution in [0, 0.1) is 6.92 Å². The minimum Gasteiger partial charge on any atom is -0.454 e. The second-order valence-electron chi connectivity index (χ2n) is 7.74. The van der Waals surface area contributed by atoms with Crippen LogP contribution in [0.4, 0.5) is 11.4 Å². The van der Waals surface area contributed by atoms with Crippen LogP contribution >= 0.6 is 0 Å². The third-order valence-electron chi connectivity index (χ3n) is 5.86. The van der Waals surface area contributed by atoms with Crippen molar-refractivity contribution in [2.24, 2.45) is 0 Å². The van der Waals surface area contributed by atoms with Crippen LogP contribution in [0.25, 0.3) is 10.9 Å². The molecular weight excluding hydrogens is 382 g/mol. The first kappa shape index (κ1) is 18.4. The second-order valence-corrected chi connectivity index (χ2v) is 7.74. The minimum atomic E-state index is -0.596. The summed E-state index contributed by atoms with van der Waals surface area (Å²) in [5, 5.41) is 3.69. The lowest BCUT2D eigenvalue weighted by Crippen LogP contribution is -2.43. The number of anilines is 2. The molecule has 0 aliphatic carbocycles. The number of ketones is 1. The van der Waals surface area contributed by atoms with Crippen molar-refractivity contribution in [2.75, 3.05) is 23.4 Å². The highest BCUT2D eigenvalue weighted by molar-refractivity contribution is 6.10. The highest BCUT2D eigenvalue weighted by Gasteiger charge is 2.36. The summed E-state index contributed by atoms with van der Waals surface area (Å²) in [6, 6.07) is 12.5. The van der Waals surface area contributed by atoms with E-state index in [9.17, 15) is 14.4 Å². The molecule has 1 saturated heterocycles. The number of nitrogens with zero attached hydrogens (tertiary/aromatic N) is 1. The molecule has 2 aromatic carbocycles. The van der Waals surface area contributed by atoms with Crippen LogP contribution in [0.15, 0.2) is 42.5 Å². The van der Waals surface area contributed by atoms with Gasteiger partial charge in [-0.3, -0.25) is 9.59 Å². The molecule has 7 heteroatoms. The van der Waals surface area contributed by atoms with E-state index in [0.717, 1.165) is 41.7 Å². The van der Waals surface area contributed by atoms with Gasteiger partial charge in [0.05, 0.1) is 16.9 Å². The van der Waals surface area contributed by atoms with Crippen molar-refractivity contribution < 1.29 is 19.1 Å². The molecule has 0 saturated carbocycles. The Bertz CT molecular complexity index is 1200. The lowest BCUT2D eigenvalue weighted by Gasteiger charge is -2.33. The van der Waals surface area contributed by atoms with E-state index in [1.807, 2.05) is 37.3 Å². The van der Waals surface area contributed by atoms with Crippen LogP contribution in [0.1, 0.15) is 39.3 Å². The van der Waals surface area contributed by atoms with Gasteiger partial charge in [0.15, 0.2) is 6.61 Å². The maximum atomic E-state index is 12.7. The quantitative estimate of drug-likeness (QED) is 0.514. The van der Waals surface area contributed by atoms with Gasteiger partial charge in [-0.2, -0.15) is 0 Å². The van der Waals surface area contributed by atoms with E-state index in [1.165, 1.54) is 0 Å². The molecule has 1 atom stereocenters. The predicted molar refractivity (Wildman–Crippen MR) is 113 cm³/mol. The van der Waals surface area contributed by atoms with E-state index in [-0.39, 0.29) is 24.3 Å². The molecule has 0 unspecified atom stereocenters. The molecule has 1 aromatic heterocycles. The molecule has 152 valence electrons. The van der Waals surface area contributed by atoms with Crippen molar-refractivity contribution in [3.05, 3.63) is 59.3 Å². The maximum absolute atomic E-state index is 12.7. The second kappa shape index (κ2) is 7.02. The number of hydrogen-bond donors (Lipinski definition) is 2. The van der Waals surface area contributed by atoms with E-state index in [4.69, 9.17) is 4.74 Å². The monoisotopic (exact) mass is 403 g/mol. The van der Waals surface area contributed by atoms with Crippen LogP contribution in [-0.4, -0.2) is 41.8 Å². The number of para-hydroxylation sites is 1. The Labute approximate surface area is 173 Å². The van der Waals surface area contributed by atoms with Gasteiger partial charge in [-0.25, -0.2) is 4.79 Å². The number of aromatic amines is 1. The maximum Gasteiger partial charge on any atom is 0.338 e. The lowest BCUT2D eigenvalue weighted by atomic mass is 10.1. The summed E-state index contributed by atoms with van der Waals surface area (Å²) < 4.78 is 5.29. The lowest BCUT2D eigenvalue weighted by molar-refractivity contribution is -0.117. The normalized spacial score (nSPS) is 17.4. The Morgan fingerprint density at radius 1 is 1.20 bits per heavy atom. The molecule has 7 nitrogen and oxygen atoms in total. The molecule has 1 amide bonds. The van der Waals surface area contributed by atoms with Crippen LogP contribution in [-0.2, 0) is 9.53 Å². The average Bonchev–Trinajstić information content (AvgIpc) is 3.36. The zero-order valence-corrected chi connectivity index (χ0v) is 16.5. The number of aryl methyl sites for hydroxylation is 1. The number of benzene rings is 2. The van der Waals surface area contributed by atoms with Crippen molar-refractivity contribution in [3.63, 3.8) is 0 Å². The van der Waals surface area contributed by atoms with E-state index in [0.29, 0.717) is 16.8 Å². The number of Topliss-reactive ketones (excluding diaryl/α,β-unsaturated/α-hetero) is 1. The van der Waals surface area contributed by atoms with Gasteiger partial charge in [0.2, 0.25) is 11.7 Å². The third-order valence-corrected chi connectivity index (χ3v) is 5.86. The summed E-state index contributed by atoms with van der Waals surface area (Å²) in [5.74, 6) is -0.901. The van der Waals surface area contributed by atoms with Crippen molar-refractivity contribution in [2.45, 2.75) is 25.8 Å². The summed E-state index contributed by atoms with van der Waals surface area (Å²) in [7, 11) is 0. The molecule has 1 fully saturated rings. The minimum absolute atomic E-state index is 0.0458. The highest BCUT2D eigenvalue weighted by Crippen LogP contribution is 2.37. The van der Waals surface area contributed by atoms with E-state index in [1.54, 1.807) is 12.1 Å². The fourth-order valence-electron chi connectivity index (χ4n) is 4.48. The summed E-state index contributed by atoms with van der Waals surface area (Å²) in [5.41, 5.74) is 3.97. The van der Waals surface area contributed by atoms with Gasteiger partial charge in [-0.15, -0.1) is 0 Å². The summed E-state index contributed by atoms with van der Waals surface area (Å²) in [6.07, 6.45) is 1.81. The number of aromatic nitrogens is 1. The highest BCUT2D eigenvalue weighted by atomic mass is 16.5. The SMILES string of the molecule is Cc1[nH]c2ccccc2c1C(=O)COC(=O)c1ccc2c(c1)NC(=O)[C@H]1CCCN21. The first-order chi connectivity index (χ1) is 14.5. The van der Waals surface area contributed by atoms with E-state index < -0.39 is 5.97 Å². The molecule has 3 aromatic rings. The summed E-state index contributed by atoms with van der Waals surface area (Å²) >= 11 is 0. The van der Waals surface area contributed by atoms with Gasteiger partial charge in [-0.1, -0.05) is 18.2 Å². The van der Waals surface area contributed by atoms with Gasteiger partial charge in [0.1, 0.15) is 6.04 Å². The van der Waals surface area contributed by atoms with Crippen molar-refractivity contribution in [3.8, 4) is 0 Å².